The molecule has 0 spiro atoms. The normalized spacial score (nSPS) is 17.1. The monoisotopic (exact) mass is 328 g/mol. The number of phenols is 2. The molecule has 0 fully saturated rings. The van der Waals surface area contributed by atoms with Gasteiger partial charge in [0.05, 0.1) is 6.42 Å². The Morgan fingerprint density at radius 1 is 1.12 bits per heavy atom. The Morgan fingerprint density at radius 3 is 2.42 bits per heavy atom. The first kappa shape index (κ1) is 16.2. The third kappa shape index (κ3) is 3.30. The molecule has 0 bridgehead atoms. The number of Topliss-reactive ketones (excluding diaryl/α,β-unsaturated/α-hetero) is 1. The number of phenolic OH excluding ortho intramolecular Hbond substituents is 2. The topological polar surface area (TPSA) is 76.0 Å². The number of ether oxygens (including phenoxy) is 2. The summed E-state index contributed by atoms with van der Waals surface area (Å²) in [5, 5.41) is 19.6. The van der Waals surface area contributed by atoms with Gasteiger partial charge < -0.3 is 19.7 Å². The highest BCUT2D eigenvalue weighted by Crippen LogP contribution is 2.42. The maximum atomic E-state index is 12.4. The summed E-state index contributed by atoms with van der Waals surface area (Å²) < 4.78 is 11.7. The van der Waals surface area contributed by atoms with Crippen molar-refractivity contribution in [3.63, 3.8) is 0 Å². The molecule has 1 aliphatic heterocycles. The number of aromatic hydroxyl groups is 2. The first-order valence-electron chi connectivity index (χ1n) is 7.78. The standard InChI is InChI=1S/C19H20O5/c1-19(2,3)24-13-8-14(21)18-15(22)10-16(23-17(18)9-13)11-4-6-12(20)7-5-11/h4-9,16,20-21H,10H2,1-3H3. The van der Waals surface area contributed by atoms with Crippen LogP contribution in [0.5, 0.6) is 23.0 Å². The third-order valence-electron chi connectivity index (χ3n) is 3.66. The van der Waals surface area contributed by atoms with Gasteiger partial charge in [-0.25, -0.2) is 0 Å². The molecule has 0 saturated carbocycles. The molecular weight excluding hydrogens is 308 g/mol. The summed E-state index contributed by atoms with van der Waals surface area (Å²) in [5.74, 6) is 0.580. The summed E-state index contributed by atoms with van der Waals surface area (Å²) in [5.41, 5.74) is 0.537. The van der Waals surface area contributed by atoms with Gasteiger partial charge in [0.25, 0.3) is 0 Å². The molecule has 5 nitrogen and oxygen atoms in total. The molecule has 24 heavy (non-hydrogen) atoms. The molecule has 0 radical (unpaired) electrons. The Kier molecular flexibility index (Phi) is 3.87. The number of benzene rings is 2. The van der Waals surface area contributed by atoms with E-state index in [9.17, 15) is 15.0 Å². The van der Waals surface area contributed by atoms with E-state index in [1.54, 1.807) is 30.3 Å². The van der Waals surface area contributed by atoms with E-state index in [-0.39, 0.29) is 29.3 Å². The second-order valence-electron chi connectivity index (χ2n) is 6.86. The van der Waals surface area contributed by atoms with E-state index >= 15 is 0 Å². The molecule has 5 heteroatoms. The summed E-state index contributed by atoms with van der Waals surface area (Å²) in [6.45, 7) is 5.69. The summed E-state index contributed by atoms with van der Waals surface area (Å²) in [4.78, 5) is 12.4. The van der Waals surface area contributed by atoms with Crippen molar-refractivity contribution in [2.24, 2.45) is 0 Å². The molecule has 126 valence electrons. The fourth-order valence-electron chi connectivity index (χ4n) is 2.70. The van der Waals surface area contributed by atoms with Crippen molar-refractivity contribution < 1.29 is 24.5 Å². The van der Waals surface area contributed by atoms with Crippen molar-refractivity contribution in [1.29, 1.82) is 0 Å². The molecule has 1 unspecified atom stereocenters. The van der Waals surface area contributed by atoms with Gasteiger partial charge in [-0.15, -0.1) is 0 Å². The van der Waals surface area contributed by atoms with E-state index in [0.717, 1.165) is 5.56 Å². The van der Waals surface area contributed by atoms with Gasteiger partial charge in [-0.1, -0.05) is 12.1 Å². The van der Waals surface area contributed by atoms with Gasteiger partial charge in [-0.2, -0.15) is 0 Å². The zero-order chi connectivity index (χ0) is 17.5. The van der Waals surface area contributed by atoms with Gasteiger partial charge in [0.2, 0.25) is 0 Å². The Morgan fingerprint density at radius 2 is 1.79 bits per heavy atom. The van der Waals surface area contributed by atoms with Crippen LogP contribution in [0.1, 0.15) is 49.2 Å². The minimum absolute atomic E-state index is 0.130. The van der Waals surface area contributed by atoms with Crippen LogP contribution in [0.15, 0.2) is 36.4 Å². The summed E-state index contributed by atoms with van der Waals surface area (Å²) in [7, 11) is 0. The van der Waals surface area contributed by atoms with Crippen LogP contribution in [0.25, 0.3) is 0 Å². The third-order valence-corrected chi connectivity index (χ3v) is 3.66. The molecule has 0 aromatic heterocycles. The Hall–Kier alpha value is -2.69. The number of rotatable bonds is 2. The number of fused-ring (bicyclic) bond motifs is 1. The lowest BCUT2D eigenvalue weighted by Crippen LogP contribution is -2.24. The molecule has 2 N–H and O–H groups in total. The molecule has 0 aliphatic carbocycles. The number of hydrogen-bond acceptors (Lipinski definition) is 5. The minimum atomic E-state index is -0.463. The van der Waals surface area contributed by atoms with Crippen molar-refractivity contribution in [3.05, 3.63) is 47.5 Å². The average Bonchev–Trinajstić information content (AvgIpc) is 2.45. The van der Waals surface area contributed by atoms with Gasteiger partial charge in [-0.3, -0.25) is 4.79 Å². The first-order chi connectivity index (χ1) is 11.2. The molecule has 1 atom stereocenters. The fraction of sp³-hybridized carbons (Fsp3) is 0.316. The lowest BCUT2D eigenvalue weighted by atomic mass is 9.95. The number of hydrogen-bond donors (Lipinski definition) is 2. The molecule has 0 amide bonds. The molecule has 2 aromatic carbocycles. The van der Waals surface area contributed by atoms with E-state index in [2.05, 4.69) is 0 Å². The minimum Gasteiger partial charge on any atom is -0.508 e. The van der Waals surface area contributed by atoms with Gasteiger partial charge in [0.15, 0.2) is 5.78 Å². The molecule has 1 heterocycles. The highest BCUT2D eigenvalue weighted by atomic mass is 16.5. The second kappa shape index (κ2) is 5.74. The molecule has 0 saturated heterocycles. The highest BCUT2D eigenvalue weighted by molar-refractivity contribution is 6.02. The van der Waals surface area contributed by atoms with Gasteiger partial charge in [-0.05, 0) is 38.5 Å². The zero-order valence-corrected chi connectivity index (χ0v) is 13.9. The quantitative estimate of drug-likeness (QED) is 0.872. The van der Waals surface area contributed by atoms with E-state index in [1.807, 2.05) is 20.8 Å². The number of carbonyl (C=O) groups excluding carboxylic acids is 1. The average molecular weight is 328 g/mol. The zero-order valence-electron chi connectivity index (χ0n) is 13.9. The van der Waals surface area contributed by atoms with Crippen LogP contribution in [-0.2, 0) is 0 Å². The van der Waals surface area contributed by atoms with Crippen LogP contribution in [0.3, 0.4) is 0 Å². The predicted octanol–water partition coefficient (Wildman–Crippen LogP) is 3.98. The summed E-state index contributed by atoms with van der Waals surface area (Å²) >= 11 is 0. The molecular formula is C19H20O5. The second-order valence-corrected chi connectivity index (χ2v) is 6.86. The van der Waals surface area contributed by atoms with E-state index in [1.165, 1.54) is 6.07 Å². The van der Waals surface area contributed by atoms with Crippen LogP contribution >= 0.6 is 0 Å². The van der Waals surface area contributed by atoms with Crippen LogP contribution in [0.2, 0.25) is 0 Å². The maximum absolute atomic E-state index is 12.4. The smallest absolute Gasteiger partial charge is 0.174 e. The Balaban J connectivity index is 1.96. The van der Waals surface area contributed by atoms with Crippen molar-refractivity contribution in [2.45, 2.75) is 38.9 Å². The highest BCUT2D eigenvalue weighted by Gasteiger charge is 2.31. The lowest BCUT2D eigenvalue weighted by Gasteiger charge is -2.28. The number of carbonyl (C=O) groups is 1. The maximum Gasteiger partial charge on any atom is 0.174 e. The molecule has 1 aliphatic rings. The summed E-state index contributed by atoms with van der Waals surface area (Å²) in [6, 6.07) is 9.60. The SMILES string of the molecule is CC(C)(C)Oc1cc(O)c2c(c1)OC(c1ccc(O)cc1)CC2=O. The van der Waals surface area contributed by atoms with Crippen LogP contribution in [0, 0.1) is 0 Å². The van der Waals surface area contributed by atoms with Crippen LogP contribution in [-0.4, -0.2) is 21.6 Å². The van der Waals surface area contributed by atoms with Gasteiger partial charge >= 0.3 is 0 Å². The lowest BCUT2D eigenvalue weighted by molar-refractivity contribution is 0.0841. The van der Waals surface area contributed by atoms with Crippen molar-refractivity contribution in [2.75, 3.05) is 0 Å². The van der Waals surface area contributed by atoms with Gasteiger partial charge in [0.1, 0.15) is 40.3 Å². The van der Waals surface area contributed by atoms with Crippen LogP contribution in [0.4, 0.5) is 0 Å². The van der Waals surface area contributed by atoms with Crippen molar-refractivity contribution in [3.8, 4) is 23.0 Å². The largest absolute Gasteiger partial charge is 0.508 e. The van der Waals surface area contributed by atoms with Gasteiger partial charge in [0, 0.05) is 12.1 Å². The van der Waals surface area contributed by atoms with E-state index < -0.39 is 11.7 Å². The Labute approximate surface area is 140 Å². The first-order valence-corrected chi connectivity index (χ1v) is 7.78. The van der Waals surface area contributed by atoms with E-state index in [4.69, 9.17) is 9.47 Å². The fourth-order valence-corrected chi connectivity index (χ4v) is 2.70. The van der Waals surface area contributed by atoms with Crippen molar-refractivity contribution in [1.82, 2.24) is 0 Å². The summed E-state index contributed by atoms with van der Waals surface area (Å²) in [6.07, 6.45) is -0.333. The number of ketones is 1. The van der Waals surface area contributed by atoms with Crippen molar-refractivity contribution >= 4 is 5.78 Å². The predicted molar refractivity (Wildman–Crippen MR) is 88.9 cm³/mol. The molecule has 2 aromatic rings. The Bertz CT molecular complexity index is 772. The van der Waals surface area contributed by atoms with Crippen LogP contribution < -0.4 is 9.47 Å². The van der Waals surface area contributed by atoms with E-state index in [0.29, 0.717) is 11.5 Å². The molecule has 3 rings (SSSR count).